The van der Waals surface area contributed by atoms with Crippen molar-refractivity contribution in [2.75, 3.05) is 19.7 Å². The molecule has 5 heteroatoms. The van der Waals surface area contributed by atoms with Crippen molar-refractivity contribution in [3.8, 4) is 0 Å². The molecule has 130 valence electrons. The lowest BCUT2D eigenvalue weighted by molar-refractivity contribution is 0.0763. The normalized spacial score (nSPS) is 30.7. The van der Waals surface area contributed by atoms with E-state index in [1.807, 2.05) is 43.3 Å². The summed E-state index contributed by atoms with van der Waals surface area (Å²) in [4.78, 5) is 18.7. The van der Waals surface area contributed by atoms with E-state index >= 15 is 0 Å². The Hall–Kier alpha value is -2.24. The molecule has 5 nitrogen and oxygen atoms in total. The van der Waals surface area contributed by atoms with Gasteiger partial charge in [0.1, 0.15) is 0 Å². The van der Waals surface area contributed by atoms with Gasteiger partial charge in [0, 0.05) is 37.0 Å². The van der Waals surface area contributed by atoms with Crippen molar-refractivity contribution in [1.29, 1.82) is 0 Å². The third kappa shape index (κ3) is 2.46. The van der Waals surface area contributed by atoms with Crippen LogP contribution in [0, 0.1) is 18.3 Å². The van der Waals surface area contributed by atoms with Crippen LogP contribution in [0.3, 0.4) is 0 Å². The molecule has 2 aliphatic rings. The van der Waals surface area contributed by atoms with E-state index in [0.29, 0.717) is 18.7 Å². The van der Waals surface area contributed by atoms with E-state index in [1.165, 1.54) is 0 Å². The second kappa shape index (κ2) is 5.93. The predicted molar refractivity (Wildman–Crippen MR) is 93.1 cm³/mol. The molecule has 0 bridgehead atoms. The standard InChI is InChI=1S/C20H22N2O3/c1-13-7-8-15(9-21-13)19(25)22-10-17(24)20(12-22)16(11-23)18(20)14-5-3-2-4-6-14/h2-9,16-18,23-24H,10-12H2,1H3/t16-,17-,18-,20-/m1/s1. The van der Waals surface area contributed by atoms with Crippen molar-refractivity contribution in [1.82, 2.24) is 9.88 Å². The Labute approximate surface area is 146 Å². The van der Waals surface area contributed by atoms with Gasteiger partial charge in [-0.2, -0.15) is 0 Å². The van der Waals surface area contributed by atoms with Crippen LogP contribution in [0.4, 0.5) is 0 Å². The number of hydrogen-bond donors (Lipinski definition) is 2. The summed E-state index contributed by atoms with van der Waals surface area (Å²) in [6.07, 6.45) is 0.956. The molecule has 1 saturated heterocycles. The van der Waals surface area contributed by atoms with Gasteiger partial charge >= 0.3 is 0 Å². The number of pyridine rings is 1. The average Bonchev–Trinajstić information content (AvgIpc) is 3.17. The zero-order valence-electron chi connectivity index (χ0n) is 14.2. The third-order valence-corrected chi connectivity index (χ3v) is 5.84. The maximum atomic E-state index is 12.8. The van der Waals surface area contributed by atoms with Gasteiger partial charge in [0.05, 0.1) is 11.7 Å². The number of amides is 1. The van der Waals surface area contributed by atoms with E-state index in [2.05, 4.69) is 4.98 Å². The minimum Gasteiger partial charge on any atom is -0.396 e. The van der Waals surface area contributed by atoms with Gasteiger partial charge in [-0.1, -0.05) is 30.3 Å². The second-order valence-corrected chi connectivity index (χ2v) is 7.18. The molecular weight excluding hydrogens is 316 g/mol. The zero-order chi connectivity index (χ0) is 17.6. The lowest BCUT2D eigenvalue weighted by atomic mass is 9.95. The van der Waals surface area contributed by atoms with Gasteiger partial charge in [0.25, 0.3) is 5.91 Å². The summed E-state index contributed by atoms with van der Waals surface area (Å²) in [5, 5.41) is 20.6. The van der Waals surface area contributed by atoms with Crippen LogP contribution in [-0.4, -0.2) is 51.8 Å². The summed E-state index contributed by atoms with van der Waals surface area (Å²) >= 11 is 0. The molecule has 1 spiro atoms. The van der Waals surface area contributed by atoms with E-state index in [0.717, 1.165) is 11.3 Å². The molecule has 2 heterocycles. The predicted octanol–water partition coefficient (Wildman–Crippen LogP) is 1.60. The molecule has 1 aromatic heterocycles. The first-order valence-corrected chi connectivity index (χ1v) is 8.63. The number of aliphatic hydroxyl groups is 2. The van der Waals surface area contributed by atoms with Crippen LogP contribution in [0.5, 0.6) is 0 Å². The topological polar surface area (TPSA) is 73.7 Å². The number of β-amino-alcohol motifs (C(OH)–C–C–N with tert-alkyl or cyclic N) is 1. The Bertz CT molecular complexity index is 777. The molecule has 1 saturated carbocycles. The highest BCUT2D eigenvalue weighted by molar-refractivity contribution is 5.94. The third-order valence-electron chi connectivity index (χ3n) is 5.84. The van der Waals surface area contributed by atoms with Gasteiger partial charge < -0.3 is 15.1 Å². The maximum Gasteiger partial charge on any atom is 0.255 e. The van der Waals surface area contributed by atoms with Crippen LogP contribution in [0.15, 0.2) is 48.7 Å². The van der Waals surface area contributed by atoms with Gasteiger partial charge in [-0.05, 0) is 36.5 Å². The minimum absolute atomic E-state index is 0.0150. The number of rotatable bonds is 3. The van der Waals surface area contributed by atoms with E-state index in [4.69, 9.17) is 0 Å². The monoisotopic (exact) mass is 338 g/mol. The van der Waals surface area contributed by atoms with Gasteiger partial charge in [-0.3, -0.25) is 9.78 Å². The molecule has 4 rings (SSSR count). The lowest BCUT2D eigenvalue weighted by Gasteiger charge is -2.17. The molecule has 0 radical (unpaired) electrons. The highest BCUT2D eigenvalue weighted by atomic mass is 16.3. The molecule has 0 unspecified atom stereocenters. The Morgan fingerprint density at radius 1 is 1.28 bits per heavy atom. The van der Waals surface area contributed by atoms with Crippen LogP contribution in [-0.2, 0) is 0 Å². The Balaban J connectivity index is 1.59. The van der Waals surface area contributed by atoms with Crippen LogP contribution >= 0.6 is 0 Å². The van der Waals surface area contributed by atoms with E-state index < -0.39 is 11.5 Å². The van der Waals surface area contributed by atoms with Gasteiger partial charge in [-0.15, -0.1) is 0 Å². The zero-order valence-corrected chi connectivity index (χ0v) is 14.2. The number of benzene rings is 1. The largest absolute Gasteiger partial charge is 0.396 e. The highest BCUT2D eigenvalue weighted by Crippen LogP contribution is 2.68. The highest BCUT2D eigenvalue weighted by Gasteiger charge is 2.71. The molecular formula is C20H22N2O3. The first kappa shape index (κ1) is 16.2. The summed E-state index contributed by atoms with van der Waals surface area (Å²) in [5.41, 5.74) is 2.07. The number of hydrogen-bond acceptors (Lipinski definition) is 4. The molecule has 4 atom stereocenters. The van der Waals surface area contributed by atoms with E-state index in [9.17, 15) is 15.0 Å². The van der Waals surface area contributed by atoms with Crippen molar-refractivity contribution in [3.63, 3.8) is 0 Å². The van der Waals surface area contributed by atoms with Crippen molar-refractivity contribution < 1.29 is 15.0 Å². The van der Waals surface area contributed by atoms with Gasteiger partial charge in [0.2, 0.25) is 0 Å². The molecule has 2 fully saturated rings. The molecule has 1 aliphatic carbocycles. The Morgan fingerprint density at radius 3 is 2.68 bits per heavy atom. The summed E-state index contributed by atoms with van der Waals surface area (Å²) in [5.74, 6) is -0.0414. The van der Waals surface area contributed by atoms with Crippen LogP contribution < -0.4 is 0 Å². The fourth-order valence-corrected chi connectivity index (χ4v) is 4.50. The fraction of sp³-hybridized carbons (Fsp3) is 0.400. The molecule has 1 aliphatic heterocycles. The lowest BCUT2D eigenvalue weighted by Crippen LogP contribution is -2.29. The van der Waals surface area contributed by atoms with E-state index in [-0.39, 0.29) is 24.3 Å². The summed E-state index contributed by atoms with van der Waals surface area (Å²) < 4.78 is 0. The SMILES string of the molecule is Cc1ccc(C(=O)N2C[C@@H](O)[C@@]3(C2)[C@H](CO)[C@H]3c2ccccc2)cn1. The molecule has 2 aromatic rings. The number of aliphatic hydroxyl groups excluding tert-OH is 2. The first-order valence-electron chi connectivity index (χ1n) is 8.63. The Morgan fingerprint density at radius 2 is 2.04 bits per heavy atom. The van der Waals surface area contributed by atoms with Crippen molar-refractivity contribution in [2.45, 2.75) is 18.9 Å². The van der Waals surface area contributed by atoms with Crippen LogP contribution in [0.25, 0.3) is 0 Å². The quantitative estimate of drug-likeness (QED) is 0.891. The molecule has 1 amide bonds. The minimum atomic E-state index is -0.628. The smallest absolute Gasteiger partial charge is 0.255 e. The summed E-state index contributed by atoms with van der Waals surface area (Å²) in [6.45, 7) is 2.66. The first-order chi connectivity index (χ1) is 12.1. The number of likely N-dealkylation sites (tertiary alicyclic amines) is 1. The van der Waals surface area contributed by atoms with Crippen molar-refractivity contribution >= 4 is 5.91 Å². The van der Waals surface area contributed by atoms with Crippen LogP contribution in [0.1, 0.15) is 27.5 Å². The number of aromatic nitrogens is 1. The van der Waals surface area contributed by atoms with Gasteiger partial charge in [0.15, 0.2) is 0 Å². The summed E-state index contributed by atoms with van der Waals surface area (Å²) in [6, 6.07) is 13.5. The van der Waals surface area contributed by atoms with Crippen molar-refractivity contribution in [3.05, 3.63) is 65.5 Å². The summed E-state index contributed by atoms with van der Waals surface area (Å²) in [7, 11) is 0. The fourth-order valence-electron chi connectivity index (χ4n) is 4.50. The molecule has 25 heavy (non-hydrogen) atoms. The number of carbonyl (C=O) groups excluding carboxylic acids is 1. The van der Waals surface area contributed by atoms with Gasteiger partial charge in [-0.25, -0.2) is 0 Å². The van der Waals surface area contributed by atoms with E-state index in [1.54, 1.807) is 17.2 Å². The Kier molecular flexibility index (Phi) is 3.85. The number of nitrogens with zero attached hydrogens (tertiary/aromatic N) is 2. The van der Waals surface area contributed by atoms with Crippen LogP contribution in [0.2, 0.25) is 0 Å². The molecule has 1 aromatic carbocycles. The van der Waals surface area contributed by atoms with Crippen molar-refractivity contribution in [2.24, 2.45) is 11.3 Å². The number of aryl methyl sites for hydroxylation is 1. The number of carbonyl (C=O) groups is 1. The second-order valence-electron chi connectivity index (χ2n) is 7.18. The average molecular weight is 338 g/mol. The maximum absolute atomic E-state index is 12.8. The molecule has 2 N–H and O–H groups in total.